The van der Waals surface area contributed by atoms with Crippen LogP contribution in [-0.2, 0) is 0 Å². The third-order valence-electron chi connectivity index (χ3n) is 2.85. The van der Waals surface area contributed by atoms with E-state index in [0.29, 0.717) is 16.9 Å². The summed E-state index contributed by atoms with van der Waals surface area (Å²) in [5.41, 5.74) is 13.1. The van der Waals surface area contributed by atoms with Gasteiger partial charge >= 0.3 is 0 Å². The van der Waals surface area contributed by atoms with Gasteiger partial charge in [0.1, 0.15) is 0 Å². The summed E-state index contributed by atoms with van der Waals surface area (Å²) >= 11 is 1.88. The summed E-state index contributed by atoms with van der Waals surface area (Å²) in [6.45, 7) is 2.86. The number of carbonyl (C=O) groups is 1. The second kappa shape index (κ2) is 4.87. The van der Waals surface area contributed by atoms with Crippen LogP contribution in [-0.4, -0.2) is 34.9 Å². The molecular formula is C12H17N3OS. The highest BCUT2D eigenvalue weighted by atomic mass is 32.2. The Labute approximate surface area is 105 Å². The highest BCUT2D eigenvalue weighted by molar-refractivity contribution is 7.99. The molecule has 0 spiro atoms. The number of thioether (sulfide) groups is 1. The van der Waals surface area contributed by atoms with Crippen molar-refractivity contribution in [3.05, 3.63) is 23.8 Å². The first-order valence-corrected chi connectivity index (χ1v) is 6.78. The molecule has 1 atom stereocenters. The molecule has 2 rings (SSSR count). The molecular weight excluding hydrogens is 234 g/mol. The molecule has 1 unspecified atom stereocenters. The van der Waals surface area contributed by atoms with Crippen LogP contribution in [0.5, 0.6) is 0 Å². The molecule has 0 aliphatic carbocycles. The number of nitrogens with zero attached hydrogens (tertiary/aromatic N) is 1. The lowest BCUT2D eigenvalue weighted by Gasteiger charge is -2.33. The van der Waals surface area contributed by atoms with Gasteiger partial charge in [-0.3, -0.25) is 4.79 Å². The molecule has 17 heavy (non-hydrogen) atoms. The largest absolute Gasteiger partial charge is 0.399 e. The summed E-state index contributed by atoms with van der Waals surface area (Å²) in [6, 6.07) is 5.30. The number of rotatable bonds is 1. The molecule has 1 aromatic rings. The lowest BCUT2D eigenvalue weighted by molar-refractivity contribution is 0.0716. The van der Waals surface area contributed by atoms with Crippen LogP contribution >= 0.6 is 11.8 Å². The molecule has 0 radical (unpaired) electrons. The van der Waals surface area contributed by atoms with Crippen molar-refractivity contribution in [3.63, 3.8) is 0 Å². The van der Waals surface area contributed by atoms with Gasteiger partial charge in [-0.05, 0) is 25.1 Å². The van der Waals surface area contributed by atoms with Crippen molar-refractivity contribution in [1.82, 2.24) is 4.90 Å². The Morgan fingerprint density at radius 1 is 1.35 bits per heavy atom. The molecule has 0 bridgehead atoms. The zero-order valence-corrected chi connectivity index (χ0v) is 10.7. The first-order valence-electron chi connectivity index (χ1n) is 5.62. The summed E-state index contributed by atoms with van der Waals surface area (Å²) in [5, 5.41) is 0. The van der Waals surface area contributed by atoms with E-state index in [-0.39, 0.29) is 11.9 Å². The number of carbonyl (C=O) groups excluding carboxylic acids is 1. The molecule has 1 aliphatic rings. The predicted octanol–water partition coefficient (Wildman–Crippen LogP) is 1.43. The lowest BCUT2D eigenvalue weighted by Crippen LogP contribution is -2.44. The molecule has 1 amide bonds. The maximum atomic E-state index is 12.3. The van der Waals surface area contributed by atoms with Gasteiger partial charge < -0.3 is 16.4 Å². The lowest BCUT2D eigenvalue weighted by atomic mass is 10.1. The van der Waals surface area contributed by atoms with E-state index < -0.39 is 0 Å². The summed E-state index contributed by atoms with van der Waals surface area (Å²) in [4.78, 5) is 14.2. The quantitative estimate of drug-likeness (QED) is 0.741. The van der Waals surface area contributed by atoms with Crippen LogP contribution in [0.1, 0.15) is 17.3 Å². The second-order valence-electron chi connectivity index (χ2n) is 4.31. The maximum Gasteiger partial charge on any atom is 0.254 e. The maximum absolute atomic E-state index is 12.3. The van der Waals surface area contributed by atoms with Crippen LogP contribution in [0.2, 0.25) is 0 Å². The average Bonchev–Trinajstić information content (AvgIpc) is 2.27. The zero-order chi connectivity index (χ0) is 12.4. The van der Waals surface area contributed by atoms with Crippen LogP contribution in [0.3, 0.4) is 0 Å². The minimum absolute atomic E-state index is 0.0248. The Hall–Kier alpha value is -1.36. The highest BCUT2D eigenvalue weighted by Gasteiger charge is 2.24. The highest BCUT2D eigenvalue weighted by Crippen LogP contribution is 2.21. The van der Waals surface area contributed by atoms with Gasteiger partial charge in [0.05, 0.1) is 0 Å². The average molecular weight is 251 g/mol. The summed E-state index contributed by atoms with van der Waals surface area (Å²) in [5.74, 6) is 2.01. The van der Waals surface area contributed by atoms with E-state index in [0.717, 1.165) is 18.1 Å². The predicted molar refractivity (Wildman–Crippen MR) is 73.1 cm³/mol. The molecule has 1 aliphatic heterocycles. The van der Waals surface area contributed by atoms with Crippen LogP contribution in [0, 0.1) is 0 Å². The molecule has 0 saturated carbocycles. The van der Waals surface area contributed by atoms with Crippen molar-refractivity contribution in [2.75, 3.05) is 29.5 Å². The van der Waals surface area contributed by atoms with Crippen molar-refractivity contribution in [3.8, 4) is 0 Å². The normalized spacial score (nSPS) is 20.3. The van der Waals surface area contributed by atoms with E-state index in [4.69, 9.17) is 11.5 Å². The first-order chi connectivity index (χ1) is 8.08. The van der Waals surface area contributed by atoms with Crippen LogP contribution in [0.25, 0.3) is 0 Å². The van der Waals surface area contributed by atoms with Crippen molar-refractivity contribution in [2.24, 2.45) is 0 Å². The summed E-state index contributed by atoms with van der Waals surface area (Å²) in [7, 11) is 0. The van der Waals surface area contributed by atoms with Crippen LogP contribution < -0.4 is 11.5 Å². The van der Waals surface area contributed by atoms with Gasteiger partial charge in [0.25, 0.3) is 5.91 Å². The second-order valence-corrected chi connectivity index (χ2v) is 5.46. The van der Waals surface area contributed by atoms with E-state index in [1.165, 1.54) is 0 Å². The Morgan fingerprint density at radius 2 is 2.00 bits per heavy atom. The molecule has 1 heterocycles. The monoisotopic (exact) mass is 251 g/mol. The van der Waals surface area contributed by atoms with Crippen molar-refractivity contribution in [2.45, 2.75) is 13.0 Å². The van der Waals surface area contributed by atoms with Gasteiger partial charge in [-0.25, -0.2) is 0 Å². The van der Waals surface area contributed by atoms with Gasteiger partial charge in [0.2, 0.25) is 0 Å². The minimum Gasteiger partial charge on any atom is -0.399 e. The third-order valence-corrected chi connectivity index (χ3v) is 4.04. The Bertz CT molecular complexity index is 416. The van der Waals surface area contributed by atoms with E-state index in [2.05, 4.69) is 6.92 Å². The molecule has 0 aromatic heterocycles. The number of hydrogen-bond donors (Lipinski definition) is 2. The SMILES string of the molecule is CC1CSCCN1C(=O)c1cc(N)cc(N)c1. The fraction of sp³-hybridized carbons (Fsp3) is 0.417. The Kier molecular flexibility index (Phi) is 3.47. The van der Waals surface area contributed by atoms with Gasteiger partial charge in [0.15, 0.2) is 0 Å². The minimum atomic E-state index is 0.0248. The van der Waals surface area contributed by atoms with Crippen LogP contribution in [0.4, 0.5) is 11.4 Å². The van der Waals surface area contributed by atoms with Gasteiger partial charge in [-0.15, -0.1) is 0 Å². The number of anilines is 2. The Morgan fingerprint density at radius 3 is 2.59 bits per heavy atom. The molecule has 92 valence electrons. The number of nitrogen functional groups attached to an aromatic ring is 2. The van der Waals surface area contributed by atoms with Gasteiger partial charge in [-0.1, -0.05) is 0 Å². The van der Waals surface area contributed by atoms with Crippen molar-refractivity contribution in [1.29, 1.82) is 0 Å². The molecule has 5 heteroatoms. The molecule has 1 saturated heterocycles. The molecule has 1 fully saturated rings. The number of benzene rings is 1. The fourth-order valence-corrected chi connectivity index (χ4v) is 3.01. The molecule has 4 N–H and O–H groups in total. The topological polar surface area (TPSA) is 72.3 Å². The van der Waals surface area contributed by atoms with Crippen LogP contribution in [0.15, 0.2) is 18.2 Å². The number of hydrogen-bond acceptors (Lipinski definition) is 4. The summed E-state index contributed by atoms with van der Waals surface area (Å²) in [6.07, 6.45) is 0. The number of nitrogens with two attached hydrogens (primary N) is 2. The Balaban J connectivity index is 2.23. The fourth-order valence-electron chi connectivity index (χ4n) is 1.99. The van der Waals surface area contributed by atoms with E-state index in [1.54, 1.807) is 18.2 Å². The molecule has 1 aromatic carbocycles. The first kappa shape index (κ1) is 12.1. The standard InChI is InChI=1S/C12H17N3OS/c1-8-7-17-3-2-15(8)12(16)9-4-10(13)6-11(14)5-9/h4-6,8H,2-3,7,13-14H2,1H3. The van der Waals surface area contributed by atoms with Gasteiger partial charge in [0, 0.05) is 41.0 Å². The van der Waals surface area contributed by atoms with E-state index >= 15 is 0 Å². The van der Waals surface area contributed by atoms with E-state index in [9.17, 15) is 4.79 Å². The summed E-state index contributed by atoms with van der Waals surface area (Å²) < 4.78 is 0. The number of amides is 1. The van der Waals surface area contributed by atoms with Crippen molar-refractivity contribution >= 4 is 29.0 Å². The molecule has 4 nitrogen and oxygen atoms in total. The smallest absolute Gasteiger partial charge is 0.254 e. The van der Waals surface area contributed by atoms with E-state index in [1.807, 2.05) is 16.7 Å². The van der Waals surface area contributed by atoms with Gasteiger partial charge in [-0.2, -0.15) is 11.8 Å². The van der Waals surface area contributed by atoms with Crippen molar-refractivity contribution < 1.29 is 4.79 Å². The zero-order valence-electron chi connectivity index (χ0n) is 9.85. The third kappa shape index (κ3) is 2.66.